The number of rotatable bonds is 5. The molecule has 0 aromatic heterocycles. The average molecular weight is 350 g/mol. The molecule has 0 aliphatic rings. The SMILES string of the molecule is Cl.NC/C=C(/F)COc1ccc(S(=O)(=O)C(F)(F)F)cc1. The minimum atomic E-state index is -5.39. The molecule has 0 amide bonds. The van der Waals surface area contributed by atoms with Crippen LogP contribution in [0, 0.1) is 0 Å². The molecule has 0 unspecified atom stereocenters. The molecular formula is C11H12ClF4NO3S. The molecule has 0 saturated heterocycles. The Bertz CT molecular complexity index is 584. The zero-order chi connectivity index (χ0) is 15.4. The number of alkyl halides is 3. The predicted octanol–water partition coefficient (Wildman–Crippen LogP) is 2.59. The van der Waals surface area contributed by atoms with Gasteiger partial charge in [0.05, 0.1) is 4.90 Å². The molecule has 0 spiro atoms. The monoisotopic (exact) mass is 349 g/mol. The van der Waals surface area contributed by atoms with Crippen LogP contribution in [-0.4, -0.2) is 27.1 Å². The second-order valence-corrected chi connectivity index (χ2v) is 5.54. The maximum absolute atomic E-state index is 12.9. The van der Waals surface area contributed by atoms with Gasteiger partial charge in [0.1, 0.15) is 18.2 Å². The van der Waals surface area contributed by atoms with Gasteiger partial charge in [0.25, 0.3) is 9.84 Å². The standard InChI is InChI=1S/C11H11F4NO3S.ClH/c12-8(5-6-16)7-19-9-1-3-10(4-2-9)20(17,18)11(13,14)15;/h1-5H,6-7,16H2;1H/b8-5+;. The van der Waals surface area contributed by atoms with Crippen molar-refractivity contribution in [1.29, 1.82) is 0 Å². The summed E-state index contributed by atoms with van der Waals surface area (Å²) < 4.78 is 76.8. The van der Waals surface area contributed by atoms with E-state index in [-0.39, 0.29) is 24.7 Å². The lowest BCUT2D eigenvalue weighted by Gasteiger charge is -2.09. The van der Waals surface area contributed by atoms with Gasteiger partial charge >= 0.3 is 5.51 Å². The Morgan fingerprint density at radius 2 is 1.76 bits per heavy atom. The first kappa shape index (κ1) is 19.7. The lowest BCUT2D eigenvalue weighted by Crippen LogP contribution is -2.23. The van der Waals surface area contributed by atoms with Crippen LogP contribution in [-0.2, 0) is 9.84 Å². The van der Waals surface area contributed by atoms with Gasteiger partial charge in [-0.05, 0) is 30.3 Å². The van der Waals surface area contributed by atoms with Gasteiger partial charge in [-0.2, -0.15) is 13.2 Å². The fourth-order valence-corrected chi connectivity index (χ4v) is 1.95. The van der Waals surface area contributed by atoms with Gasteiger partial charge < -0.3 is 10.5 Å². The van der Waals surface area contributed by atoms with Crippen LogP contribution < -0.4 is 10.5 Å². The minimum Gasteiger partial charge on any atom is -0.487 e. The van der Waals surface area contributed by atoms with Crippen LogP contribution in [0.5, 0.6) is 5.75 Å². The topological polar surface area (TPSA) is 69.4 Å². The number of ether oxygens (including phenoxy) is 1. The highest BCUT2D eigenvalue weighted by Crippen LogP contribution is 2.30. The van der Waals surface area contributed by atoms with E-state index in [1.807, 2.05) is 0 Å². The average Bonchev–Trinajstić information content (AvgIpc) is 2.36. The second kappa shape index (κ2) is 7.62. The van der Waals surface area contributed by atoms with Crippen LogP contribution in [0.15, 0.2) is 41.1 Å². The molecule has 10 heteroatoms. The highest BCUT2D eigenvalue weighted by Gasteiger charge is 2.46. The zero-order valence-corrected chi connectivity index (χ0v) is 12.1. The van der Waals surface area contributed by atoms with Crippen molar-refractivity contribution in [2.24, 2.45) is 5.73 Å². The van der Waals surface area contributed by atoms with Crippen molar-refractivity contribution < 1.29 is 30.7 Å². The van der Waals surface area contributed by atoms with Gasteiger partial charge in [-0.25, -0.2) is 12.8 Å². The van der Waals surface area contributed by atoms with Gasteiger partial charge in [0.15, 0.2) is 0 Å². The Kier molecular flexibility index (Phi) is 7.14. The van der Waals surface area contributed by atoms with E-state index >= 15 is 0 Å². The van der Waals surface area contributed by atoms with E-state index < -0.39 is 32.7 Å². The summed E-state index contributed by atoms with van der Waals surface area (Å²) in [5.74, 6) is -0.605. The summed E-state index contributed by atoms with van der Waals surface area (Å²) in [7, 11) is -5.39. The minimum absolute atomic E-state index is 0. The Morgan fingerprint density at radius 3 is 2.19 bits per heavy atom. The summed E-state index contributed by atoms with van der Waals surface area (Å²) in [6.45, 7) is -0.458. The van der Waals surface area contributed by atoms with E-state index in [2.05, 4.69) is 0 Å². The third-order valence-corrected chi connectivity index (χ3v) is 3.66. The summed E-state index contributed by atoms with van der Waals surface area (Å²) >= 11 is 0. The quantitative estimate of drug-likeness (QED) is 0.830. The molecular weight excluding hydrogens is 338 g/mol. The van der Waals surface area contributed by atoms with Crippen LogP contribution in [0.25, 0.3) is 0 Å². The summed E-state index contributed by atoms with van der Waals surface area (Å²) in [6, 6.07) is 3.49. The maximum Gasteiger partial charge on any atom is 0.501 e. The molecule has 2 N–H and O–H groups in total. The molecule has 21 heavy (non-hydrogen) atoms. The third kappa shape index (κ3) is 5.18. The van der Waals surface area contributed by atoms with Gasteiger partial charge in [-0.3, -0.25) is 0 Å². The van der Waals surface area contributed by atoms with E-state index in [9.17, 15) is 26.0 Å². The molecule has 0 heterocycles. The Morgan fingerprint density at radius 1 is 1.24 bits per heavy atom. The van der Waals surface area contributed by atoms with E-state index in [1.54, 1.807) is 0 Å². The van der Waals surface area contributed by atoms with Gasteiger partial charge in [0, 0.05) is 6.54 Å². The fraction of sp³-hybridized carbons (Fsp3) is 0.273. The molecule has 0 aliphatic carbocycles. The number of hydrogen-bond acceptors (Lipinski definition) is 4. The van der Waals surface area contributed by atoms with Gasteiger partial charge in [-0.15, -0.1) is 12.4 Å². The molecule has 0 fully saturated rings. The highest BCUT2D eigenvalue weighted by molar-refractivity contribution is 7.92. The Balaban J connectivity index is 0.00000400. The second-order valence-electron chi connectivity index (χ2n) is 3.60. The van der Waals surface area contributed by atoms with E-state index in [1.165, 1.54) is 0 Å². The van der Waals surface area contributed by atoms with Crippen LogP contribution in [0.2, 0.25) is 0 Å². The van der Waals surface area contributed by atoms with E-state index in [0.717, 1.165) is 30.3 Å². The van der Waals surface area contributed by atoms with Crippen molar-refractivity contribution in [2.75, 3.05) is 13.2 Å². The normalized spacial score (nSPS) is 12.7. The molecule has 1 aromatic rings. The van der Waals surface area contributed by atoms with Crippen molar-refractivity contribution in [1.82, 2.24) is 0 Å². The lowest BCUT2D eigenvalue weighted by molar-refractivity contribution is -0.0436. The molecule has 0 radical (unpaired) electrons. The smallest absolute Gasteiger partial charge is 0.487 e. The Hall–Kier alpha value is -1.32. The number of sulfone groups is 1. The first-order chi connectivity index (χ1) is 9.18. The van der Waals surface area contributed by atoms with Crippen LogP contribution in [0.1, 0.15) is 0 Å². The zero-order valence-electron chi connectivity index (χ0n) is 10.4. The fourth-order valence-electron chi connectivity index (χ4n) is 1.19. The summed E-state index contributed by atoms with van der Waals surface area (Å²) in [4.78, 5) is -0.907. The van der Waals surface area contributed by atoms with E-state index in [0.29, 0.717) is 0 Å². The van der Waals surface area contributed by atoms with Crippen molar-refractivity contribution in [3.63, 3.8) is 0 Å². The lowest BCUT2D eigenvalue weighted by atomic mass is 10.3. The number of hydrogen-bond donors (Lipinski definition) is 1. The third-order valence-electron chi connectivity index (χ3n) is 2.15. The molecule has 120 valence electrons. The molecule has 0 saturated carbocycles. The summed E-state index contributed by atoms with van der Waals surface area (Å²) in [6.07, 6.45) is 1.07. The predicted molar refractivity (Wildman–Crippen MR) is 70.7 cm³/mol. The summed E-state index contributed by atoms with van der Waals surface area (Å²) in [5, 5.41) is 0. The highest BCUT2D eigenvalue weighted by atomic mass is 35.5. The Labute approximate surface area is 124 Å². The molecule has 0 bridgehead atoms. The van der Waals surface area contributed by atoms with Crippen molar-refractivity contribution >= 4 is 22.2 Å². The maximum atomic E-state index is 12.9. The number of nitrogens with two attached hydrogens (primary N) is 1. The van der Waals surface area contributed by atoms with Crippen LogP contribution >= 0.6 is 12.4 Å². The molecule has 0 aliphatic heterocycles. The number of halogens is 5. The van der Waals surface area contributed by atoms with Crippen LogP contribution in [0.3, 0.4) is 0 Å². The summed E-state index contributed by atoms with van der Waals surface area (Å²) in [5.41, 5.74) is -0.308. The number of benzene rings is 1. The van der Waals surface area contributed by atoms with E-state index in [4.69, 9.17) is 10.5 Å². The molecule has 4 nitrogen and oxygen atoms in total. The van der Waals surface area contributed by atoms with Crippen molar-refractivity contribution in [3.8, 4) is 5.75 Å². The first-order valence-corrected chi connectivity index (χ1v) is 6.75. The first-order valence-electron chi connectivity index (χ1n) is 5.27. The molecule has 0 atom stereocenters. The largest absolute Gasteiger partial charge is 0.501 e. The molecule has 1 aromatic carbocycles. The van der Waals surface area contributed by atoms with Crippen LogP contribution in [0.4, 0.5) is 17.6 Å². The molecule has 1 rings (SSSR count). The van der Waals surface area contributed by atoms with Crippen molar-refractivity contribution in [2.45, 2.75) is 10.4 Å². The van der Waals surface area contributed by atoms with Gasteiger partial charge in [0.2, 0.25) is 0 Å². The van der Waals surface area contributed by atoms with Gasteiger partial charge in [-0.1, -0.05) is 0 Å². The van der Waals surface area contributed by atoms with Crippen molar-refractivity contribution in [3.05, 3.63) is 36.2 Å².